The average molecular weight is 372 g/mol. The van der Waals surface area contributed by atoms with Gasteiger partial charge in [0, 0.05) is 18.9 Å². The van der Waals surface area contributed by atoms with Gasteiger partial charge in [-0.15, -0.1) is 0 Å². The molecule has 4 nitrogen and oxygen atoms in total. The van der Waals surface area contributed by atoms with Crippen molar-refractivity contribution in [2.24, 2.45) is 0 Å². The molecule has 0 aliphatic carbocycles. The van der Waals surface area contributed by atoms with Gasteiger partial charge in [0.25, 0.3) is 0 Å². The minimum atomic E-state index is -0.222. The van der Waals surface area contributed by atoms with Gasteiger partial charge in [0.2, 0.25) is 5.91 Å². The predicted molar refractivity (Wildman–Crippen MR) is 109 cm³/mol. The lowest BCUT2D eigenvalue weighted by atomic mass is 9.91. The van der Waals surface area contributed by atoms with Crippen LogP contribution in [0.2, 0.25) is 0 Å². The second kappa shape index (κ2) is 8.81. The number of carbonyl (C=O) groups excluding carboxylic acids is 1. The Morgan fingerprint density at radius 2 is 1.79 bits per heavy atom. The van der Waals surface area contributed by atoms with Gasteiger partial charge in [-0.3, -0.25) is 9.78 Å². The number of benzene rings is 2. The summed E-state index contributed by atoms with van der Waals surface area (Å²) in [5.74, 6) is -0.0702. The maximum absolute atomic E-state index is 13.5. The summed E-state index contributed by atoms with van der Waals surface area (Å²) in [7, 11) is 0. The second-order valence-corrected chi connectivity index (χ2v) is 7.08. The Bertz CT molecular complexity index is 884. The molecule has 1 aliphatic heterocycles. The number of rotatable bonds is 5. The molecular formula is C24H24N2O2. The summed E-state index contributed by atoms with van der Waals surface area (Å²) in [4.78, 5) is 19.7. The van der Waals surface area contributed by atoms with Crippen molar-refractivity contribution >= 4 is 5.91 Å². The molecule has 4 heteroatoms. The van der Waals surface area contributed by atoms with Crippen LogP contribution in [0.25, 0.3) is 0 Å². The molecule has 1 fully saturated rings. The van der Waals surface area contributed by atoms with Crippen LogP contribution >= 0.6 is 0 Å². The summed E-state index contributed by atoms with van der Waals surface area (Å²) in [6.45, 7) is 1.76. The van der Waals surface area contributed by atoms with E-state index in [0.717, 1.165) is 16.7 Å². The van der Waals surface area contributed by atoms with E-state index in [9.17, 15) is 4.79 Å². The number of amides is 1. The zero-order chi connectivity index (χ0) is 19.2. The van der Waals surface area contributed by atoms with Gasteiger partial charge in [-0.25, -0.2) is 0 Å². The van der Waals surface area contributed by atoms with Gasteiger partial charge in [-0.1, -0.05) is 66.7 Å². The third kappa shape index (κ3) is 4.29. The lowest BCUT2D eigenvalue weighted by Crippen LogP contribution is -2.44. The zero-order valence-electron chi connectivity index (χ0n) is 15.8. The number of morpholine rings is 1. The summed E-state index contributed by atoms with van der Waals surface area (Å²) in [5.41, 5.74) is 3.22. The van der Waals surface area contributed by atoms with E-state index in [1.54, 1.807) is 6.20 Å². The number of carbonyl (C=O) groups is 1. The van der Waals surface area contributed by atoms with E-state index in [1.165, 1.54) is 0 Å². The lowest BCUT2D eigenvalue weighted by molar-refractivity contribution is -0.140. The fraction of sp³-hybridized carbons (Fsp3) is 0.250. The van der Waals surface area contributed by atoms with Crippen molar-refractivity contribution in [3.05, 3.63) is 102 Å². The van der Waals surface area contributed by atoms with Crippen LogP contribution in [0, 0.1) is 0 Å². The fourth-order valence-corrected chi connectivity index (χ4v) is 3.73. The monoisotopic (exact) mass is 372 g/mol. The molecule has 1 amide bonds. The summed E-state index contributed by atoms with van der Waals surface area (Å²) in [5, 5.41) is 0. The third-order valence-electron chi connectivity index (χ3n) is 5.21. The van der Waals surface area contributed by atoms with Gasteiger partial charge in [0.1, 0.15) is 6.10 Å². The van der Waals surface area contributed by atoms with Crippen LogP contribution in [0.4, 0.5) is 0 Å². The molecule has 1 aromatic heterocycles. The molecule has 0 saturated carbocycles. The minimum absolute atomic E-state index is 0.0753. The molecule has 2 atom stereocenters. The zero-order valence-corrected chi connectivity index (χ0v) is 15.8. The first-order valence-corrected chi connectivity index (χ1v) is 9.70. The summed E-state index contributed by atoms with van der Waals surface area (Å²) >= 11 is 0. The lowest BCUT2D eigenvalue weighted by Gasteiger charge is -2.35. The number of hydrogen-bond donors (Lipinski definition) is 0. The van der Waals surface area contributed by atoms with Crippen LogP contribution in [0.5, 0.6) is 0 Å². The molecule has 2 heterocycles. The highest BCUT2D eigenvalue weighted by Gasteiger charge is 2.31. The Labute approximate surface area is 165 Å². The van der Waals surface area contributed by atoms with Crippen LogP contribution < -0.4 is 0 Å². The number of pyridine rings is 1. The Morgan fingerprint density at radius 1 is 1.04 bits per heavy atom. The number of ether oxygens (including phenoxy) is 1. The van der Waals surface area contributed by atoms with E-state index < -0.39 is 0 Å². The molecule has 0 N–H and O–H groups in total. The molecule has 1 aliphatic rings. The summed E-state index contributed by atoms with van der Waals surface area (Å²) in [6, 6.07) is 24.1. The first kappa shape index (κ1) is 18.4. The average Bonchev–Trinajstić information content (AvgIpc) is 2.79. The number of aromatic nitrogens is 1. The van der Waals surface area contributed by atoms with Crippen molar-refractivity contribution in [2.75, 3.05) is 19.7 Å². The standard InChI is InChI=1S/C24H24N2O2/c27-24(26-14-15-28-23(18-26)21-11-5-2-6-12-21)22(20-9-3-1-4-10-20)16-19-8-7-13-25-17-19/h1-13,17,22-23H,14-16,18H2. The van der Waals surface area contributed by atoms with Crippen molar-refractivity contribution in [2.45, 2.75) is 18.4 Å². The van der Waals surface area contributed by atoms with Gasteiger partial charge < -0.3 is 9.64 Å². The minimum Gasteiger partial charge on any atom is -0.370 e. The number of hydrogen-bond acceptors (Lipinski definition) is 3. The molecule has 0 spiro atoms. The van der Waals surface area contributed by atoms with Crippen molar-refractivity contribution in [3.8, 4) is 0 Å². The van der Waals surface area contributed by atoms with E-state index in [2.05, 4.69) is 17.1 Å². The first-order chi connectivity index (χ1) is 13.8. The third-order valence-corrected chi connectivity index (χ3v) is 5.21. The van der Waals surface area contributed by atoms with Crippen molar-refractivity contribution in [3.63, 3.8) is 0 Å². The molecule has 142 valence electrons. The fourth-order valence-electron chi connectivity index (χ4n) is 3.73. The smallest absolute Gasteiger partial charge is 0.230 e. The van der Waals surface area contributed by atoms with Crippen LogP contribution in [0.1, 0.15) is 28.7 Å². The quantitative estimate of drug-likeness (QED) is 0.680. The molecule has 0 radical (unpaired) electrons. The Balaban J connectivity index is 1.56. The van der Waals surface area contributed by atoms with Crippen LogP contribution in [-0.2, 0) is 16.0 Å². The van der Waals surface area contributed by atoms with E-state index >= 15 is 0 Å². The SMILES string of the molecule is O=C(C(Cc1cccnc1)c1ccccc1)N1CCOC(c2ccccc2)C1. The van der Waals surface area contributed by atoms with Crippen LogP contribution in [-0.4, -0.2) is 35.5 Å². The highest BCUT2D eigenvalue weighted by atomic mass is 16.5. The maximum atomic E-state index is 13.5. The van der Waals surface area contributed by atoms with Gasteiger partial charge in [-0.05, 0) is 29.2 Å². The molecule has 0 bridgehead atoms. The molecule has 28 heavy (non-hydrogen) atoms. The van der Waals surface area contributed by atoms with E-state index in [1.807, 2.05) is 71.8 Å². The van der Waals surface area contributed by atoms with Gasteiger partial charge in [0.05, 0.1) is 19.1 Å². The van der Waals surface area contributed by atoms with Crippen LogP contribution in [0.15, 0.2) is 85.2 Å². The normalized spacial score (nSPS) is 17.9. The highest BCUT2D eigenvalue weighted by Crippen LogP contribution is 2.27. The van der Waals surface area contributed by atoms with Crippen molar-refractivity contribution in [1.29, 1.82) is 0 Å². The van der Waals surface area contributed by atoms with Gasteiger partial charge >= 0.3 is 0 Å². The number of nitrogens with zero attached hydrogens (tertiary/aromatic N) is 2. The molecule has 3 aromatic rings. The van der Waals surface area contributed by atoms with Gasteiger partial charge in [0.15, 0.2) is 0 Å². The topological polar surface area (TPSA) is 42.4 Å². The summed E-state index contributed by atoms with van der Waals surface area (Å²) < 4.78 is 5.94. The summed E-state index contributed by atoms with van der Waals surface area (Å²) in [6.07, 6.45) is 4.17. The Morgan fingerprint density at radius 3 is 2.50 bits per heavy atom. The molecule has 2 aromatic carbocycles. The Hall–Kier alpha value is -2.98. The predicted octanol–water partition coefficient (Wildman–Crippen LogP) is 4.01. The van der Waals surface area contributed by atoms with Crippen molar-refractivity contribution in [1.82, 2.24) is 9.88 Å². The van der Waals surface area contributed by atoms with E-state index in [-0.39, 0.29) is 17.9 Å². The highest BCUT2D eigenvalue weighted by molar-refractivity contribution is 5.84. The molecule has 1 saturated heterocycles. The molecular weight excluding hydrogens is 348 g/mol. The largest absolute Gasteiger partial charge is 0.370 e. The maximum Gasteiger partial charge on any atom is 0.230 e. The second-order valence-electron chi connectivity index (χ2n) is 7.08. The van der Waals surface area contributed by atoms with E-state index in [4.69, 9.17) is 4.74 Å². The van der Waals surface area contributed by atoms with Gasteiger partial charge in [-0.2, -0.15) is 0 Å². The van der Waals surface area contributed by atoms with E-state index in [0.29, 0.717) is 26.1 Å². The molecule has 2 unspecified atom stereocenters. The first-order valence-electron chi connectivity index (χ1n) is 9.70. The van der Waals surface area contributed by atoms with Crippen molar-refractivity contribution < 1.29 is 9.53 Å². The Kier molecular flexibility index (Phi) is 5.78. The van der Waals surface area contributed by atoms with Crippen LogP contribution in [0.3, 0.4) is 0 Å². The molecule has 4 rings (SSSR count).